The Morgan fingerprint density at radius 1 is 1.08 bits per heavy atom. The molecule has 2 aromatic carbocycles. The van der Waals surface area contributed by atoms with Gasteiger partial charge in [0.1, 0.15) is 0 Å². The molecular weight excluding hydrogens is 328 g/mol. The first-order valence-electron chi connectivity index (χ1n) is 7.41. The average molecular weight is 348 g/mol. The predicted molar refractivity (Wildman–Crippen MR) is 92.2 cm³/mol. The SMILES string of the molecule is CCN(c1ccccc1)S(=O)(=O)c1cccc(C(=O)N(C)OC)c1. The van der Waals surface area contributed by atoms with Crippen molar-refractivity contribution < 1.29 is 18.0 Å². The van der Waals surface area contributed by atoms with Crippen molar-refractivity contribution in [1.29, 1.82) is 0 Å². The highest BCUT2D eigenvalue weighted by molar-refractivity contribution is 7.92. The van der Waals surface area contributed by atoms with Gasteiger partial charge in [0.2, 0.25) is 0 Å². The molecule has 0 spiro atoms. The molecular formula is C17H20N2O4S. The lowest BCUT2D eigenvalue weighted by atomic mass is 10.2. The highest BCUT2D eigenvalue weighted by atomic mass is 32.2. The molecule has 1 amide bonds. The average Bonchev–Trinajstić information content (AvgIpc) is 2.61. The van der Waals surface area contributed by atoms with Crippen molar-refractivity contribution >= 4 is 21.6 Å². The Hall–Kier alpha value is -2.38. The van der Waals surface area contributed by atoms with Gasteiger partial charge in [-0.15, -0.1) is 0 Å². The van der Waals surface area contributed by atoms with Crippen LogP contribution < -0.4 is 4.31 Å². The normalized spacial score (nSPS) is 11.1. The van der Waals surface area contributed by atoms with E-state index < -0.39 is 15.9 Å². The Labute approximate surface area is 142 Å². The number of carbonyl (C=O) groups is 1. The summed E-state index contributed by atoms with van der Waals surface area (Å²) in [7, 11) is -0.939. The van der Waals surface area contributed by atoms with E-state index in [1.165, 1.54) is 30.6 Å². The van der Waals surface area contributed by atoms with Gasteiger partial charge in [-0.05, 0) is 37.3 Å². The van der Waals surface area contributed by atoms with Gasteiger partial charge in [-0.2, -0.15) is 0 Å². The minimum absolute atomic E-state index is 0.0588. The van der Waals surface area contributed by atoms with E-state index >= 15 is 0 Å². The zero-order valence-corrected chi connectivity index (χ0v) is 14.7. The number of para-hydroxylation sites is 1. The maximum atomic E-state index is 12.9. The third-order valence-corrected chi connectivity index (χ3v) is 5.46. The molecule has 6 nitrogen and oxygen atoms in total. The lowest BCUT2D eigenvalue weighted by Crippen LogP contribution is -2.31. The number of anilines is 1. The second kappa shape index (κ2) is 7.46. The van der Waals surface area contributed by atoms with Crippen molar-refractivity contribution in [2.75, 3.05) is 25.0 Å². The largest absolute Gasteiger partial charge is 0.277 e. The molecule has 0 aromatic heterocycles. The van der Waals surface area contributed by atoms with Gasteiger partial charge in [0.15, 0.2) is 0 Å². The summed E-state index contributed by atoms with van der Waals surface area (Å²) in [6, 6.07) is 14.8. The van der Waals surface area contributed by atoms with E-state index in [4.69, 9.17) is 4.84 Å². The molecule has 0 saturated heterocycles. The van der Waals surface area contributed by atoms with Crippen LogP contribution in [0, 0.1) is 0 Å². The van der Waals surface area contributed by atoms with Gasteiger partial charge < -0.3 is 0 Å². The molecule has 128 valence electrons. The number of carbonyl (C=O) groups excluding carboxylic acids is 1. The van der Waals surface area contributed by atoms with E-state index in [1.807, 2.05) is 6.07 Å². The van der Waals surface area contributed by atoms with E-state index in [1.54, 1.807) is 43.3 Å². The Bertz CT molecular complexity index is 806. The van der Waals surface area contributed by atoms with Crippen LogP contribution in [0.3, 0.4) is 0 Å². The summed E-state index contributed by atoms with van der Waals surface area (Å²) in [5.41, 5.74) is 0.815. The molecule has 0 bridgehead atoms. The molecule has 0 aliphatic heterocycles. The van der Waals surface area contributed by atoms with Crippen molar-refractivity contribution in [3.8, 4) is 0 Å². The first-order chi connectivity index (χ1) is 11.4. The van der Waals surface area contributed by atoms with Crippen molar-refractivity contribution in [3.63, 3.8) is 0 Å². The predicted octanol–water partition coefficient (Wildman–Crippen LogP) is 2.54. The summed E-state index contributed by atoms with van der Waals surface area (Å²) in [6.07, 6.45) is 0. The van der Waals surface area contributed by atoms with Gasteiger partial charge in [-0.3, -0.25) is 13.9 Å². The summed E-state index contributed by atoms with van der Waals surface area (Å²) in [5, 5.41) is 1.04. The fourth-order valence-electron chi connectivity index (χ4n) is 2.27. The van der Waals surface area contributed by atoms with Crippen molar-refractivity contribution in [1.82, 2.24) is 5.06 Å². The van der Waals surface area contributed by atoms with Crippen LogP contribution in [0.2, 0.25) is 0 Å². The minimum atomic E-state index is -3.77. The van der Waals surface area contributed by atoms with Crippen LogP contribution >= 0.6 is 0 Å². The fraction of sp³-hybridized carbons (Fsp3) is 0.235. The van der Waals surface area contributed by atoms with Gasteiger partial charge in [-0.1, -0.05) is 24.3 Å². The summed E-state index contributed by atoms with van der Waals surface area (Å²) in [5.74, 6) is -0.419. The molecule has 0 unspecified atom stereocenters. The van der Waals surface area contributed by atoms with Gasteiger partial charge >= 0.3 is 0 Å². The van der Waals surface area contributed by atoms with Crippen molar-refractivity contribution in [3.05, 3.63) is 60.2 Å². The van der Waals surface area contributed by atoms with Crippen LogP contribution in [0.15, 0.2) is 59.5 Å². The number of rotatable bonds is 6. The summed E-state index contributed by atoms with van der Waals surface area (Å²) in [4.78, 5) is 17.1. The first kappa shape index (κ1) is 18.0. The molecule has 0 N–H and O–H groups in total. The number of hydrogen-bond donors (Lipinski definition) is 0. The molecule has 24 heavy (non-hydrogen) atoms. The fourth-order valence-corrected chi connectivity index (χ4v) is 3.79. The molecule has 0 heterocycles. The lowest BCUT2D eigenvalue weighted by molar-refractivity contribution is -0.0757. The first-order valence-corrected chi connectivity index (χ1v) is 8.85. The molecule has 0 aliphatic rings. The molecule has 0 radical (unpaired) electrons. The van der Waals surface area contributed by atoms with Gasteiger partial charge in [-0.25, -0.2) is 13.5 Å². The highest BCUT2D eigenvalue weighted by Crippen LogP contribution is 2.24. The standard InChI is InChI=1S/C17H20N2O4S/c1-4-19(15-10-6-5-7-11-15)24(21,22)16-12-8-9-14(13-16)17(20)18(2)23-3/h5-13H,4H2,1-3H3. The topological polar surface area (TPSA) is 66.9 Å². The van der Waals surface area contributed by atoms with Crippen LogP contribution in [-0.4, -0.2) is 40.1 Å². The highest BCUT2D eigenvalue weighted by Gasteiger charge is 2.24. The Morgan fingerprint density at radius 2 is 1.75 bits per heavy atom. The molecule has 0 fully saturated rings. The number of hydrogen-bond acceptors (Lipinski definition) is 4. The Morgan fingerprint density at radius 3 is 2.33 bits per heavy atom. The van der Waals surface area contributed by atoms with Crippen molar-refractivity contribution in [2.24, 2.45) is 0 Å². The number of amides is 1. The van der Waals surface area contributed by atoms with Crippen LogP contribution in [0.25, 0.3) is 0 Å². The molecule has 2 rings (SSSR count). The smallest absolute Gasteiger partial charge is 0.274 e. The van der Waals surface area contributed by atoms with Gasteiger partial charge in [0, 0.05) is 19.2 Å². The summed E-state index contributed by atoms with van der Waals surface area (Å²) in [6.45, 7) is 2.04. The second-order valence-electron chi connectivity index (χ2n) is 5.02. The van der Waals surface area contributed by atoms with Crippen LogP contribution in [-0.2, 0) is 14.9 Å². The van der Waals surface area contributed by atoms with Gasteiger partial charge in [0.25, 0.3) is 15.9 Å². The molecule has 0 atom stereocenters. The third-order valence-electron chi connectivity index (χ3n) is 3.56. The van der Waals surface area contributed by atoms with Crippen LogP contribution in [0.1, 0.15) is 17.3 Å². The summed E-state index contributed by atoms with van der Waals surface area (Å²) < 4.78 is 27.2. The number of hydroxylamine groups is 2. The van der Waals surface area contributed by atoms with E-state index in [-0.39, 0.29) is 17.0 Å². The zero-order chi connectivity index (χ0) is 17.7. The molecule has 0 saturated carbocycles. The number of nitrogens with zero attached hydrogens (tertiary/aromatic N) is 2. The molecule has 2 aromatic rings. The second-order valence-corrected chi connectivity index (χ2v) is 6.88. The summed E-state index contributed by atoms with van der Waals surface area (Å²) >= 11 is 0. The number of sulfonamides is 1. The molecule has 0 aliphatic carbocycles. The Balaban J connectivity index is 2.44. The quantitative estimate of drug-likeness (QED) is 0.753. The van der Waals surface area contributed by atoms with Gasteiger partial charge in [0.05, 0.1) is 17.7 Å². The number of benzene rings is 2. The van der Waals surface area contributed by atoms with Crippen LogP contribution in [0.5, 0.6) is 0 Å². The van der Waals surface area contributed by atoms with Crippen LogP contribution in [0.4, 0.5) is 5.69 Å². The maximum Gasteiger partial charge on any atom is 0.277 e. The van der Waals surface area contributed by atoms with E-state index in [0.717, 1.165) is 5.06 Å². The zero-order valence-electron chi connectivity index (χ0n) is 13.8. The minimum Gasteiger partial charge on any atom is -0.274 e. The monoisotopic (exact) mass is 348 g/mol. The van der Waals surface area contributed by atoms with Crippen molar-refractivity contribution in [2.45, 2.75) is 11.8 Å². The molecule has 7 heteroatoms. The Kier molecular flexibility index (Phi) is 5.58. The third kappa shape index (κ3) is 3.58. The lowest BCUT2D eigenvalue weighted by Gasteiger charge is -2.23. The van der Waals surface area contributed by atoms with E-state index in [0.29, 0.717) is 5.69 Å². The van der Waals surface area contributed by atoms with E-state index in [9.17, 15) is 13.2 Å². The van der Waals surface area contributed by atoms with E-state index in [2.05, 4.69) is 0 Å². The maximum absolute atomic E-state index is 12.9.